The van der Waals surface area contributed by atoms with Crippen molar-refractivity contribution < 1.29 is 14.8 Å². The molecule has 18 heavy (non-hydrogen) atoms. The fourth-order valence-corrected chi connectivity index (χ4v) is 1.37. The molecule has 7 heteroatoms. The van der Waals surface area contributed by atoms with Crippen LogP contribution in [0.4, 0.5) is 11.5 Å². The largest absolute Gasteiger partial charge is 0.508 e. The van der Waals surface area contributed by atoms with Gasteiger partial charge in [-0.15, -0.1) is 0 Å². The summed E-state index contributed by atoms with van der Waals surface area (Å²) in [5, 5.41) is 22.1. The molecule has 92 valence electrons. The van der Waals surface area contributed by atoms with Crippen LogP contribution in [0.2, 0.25) is 0 Å². The minimum absolute atomic E-state index is 0.0866. The zero-order chi connectivity index (χ0) is 13.1. The molecule has 7 nitrogen and oxygen atoms in total. The van der Waals surface area contributed by atoms with Gasteiger partial charge in [-0.2, -0.15) is 0 Å². The molecule has 0 aliphatic rings. The fraction of sp³-hybridized carbons (Fsp3) is 0. The first-order chi connectivity index (χ1) is 8.56. The highest BCUT2D eigenvalue weighted by Gasteiger charge is 2.15. The third-order valence-electron chi connectivity index (χ3n) is 2.24. The van der Waals surface area contributed by atoms with Gasteiger partial charge < -0.3 is 20.5 Å². The Bertz CT molecular complexity index is 589. The molecule has 1 heterocycles. The fourth-order valence-electron chi connectivity index (χ4n) is 1.37. The van der Waals surface area contributed by atoms with Gasteiger partial charge in [-0.1, -0.05) is 0 Å². The van der Waals surface area contributed by atoms with E-state index >= 15 is 0 Å². The van der Waals surface area contributed by atoms with Crippen LogP contribution in [-0.2, 0) is 0 Å². The van der Waals surface area contributed by atoms with Crippen molar-refractivity contribution >= 4 is 17.4 Å². The number of phenolic OH excluding ortho intramolecular Hbond substituents is 1. The monoisotopic (exact) mass is 247 g/mol. The van der Waals surface area contributed by atoms with Gasteiger partial charge in [-0.3, -0.25) is 4.79 Å². The lowest BCUT2D eigenvalue weighted by molar-refractivity contribution is -0.389. The number of nitro groups is 1. The molecule has 1 amide bonds. The topological polar surface area (TPSA) is 108 Å². The normalized spacial score (nSPS) is 10.0. The van der Waals surface area contributed by atoms with E-state index in [1.54, 1.807) is 0 Å². The number of hydrogen-bond donors (Lipinski definition) is 3. The number of H-pyrrole nitrogens is 1. The molecule has 0 unspecified atom stereocenters. The SMILES string of the molecule is O=C(Nc1ccc(O)cc1)c1ccc([N+](=O)[O-])[nH]1. The number of aromatic nitrogens is 1. The number of hydrogen-bond acceptors (Lipinski definition) is 4. The summed E-state index contributed by atoms with van der Waals surface area (Å²) < 4.78 is 0. The summed E-state index contributed by atoms with van der Waals surface area (Å²) in [5.41, 5.74) is 0.574. The van der Waals surface area contributed by atoms with E-state index in [4.69, 9.17) is 5.11 Å². The molecular weight excluding hydrogens is 238 g/mol. The molecule has 2 aromatic rings. The van der Waals surface area contributed by atoms with E-state index in [0.717, 1.165) is 0 Å². The van der Waals surface area contributed by atoms with Crippen molar-refractivity contribution in [2.24, 2.45) is 0 Å². The average Bonchev–Trinajstić information content (AvgIpc) is 2.81. The van der Waals surface area contributed by atoms with E-state index in [-0.39, 0.29) is 17.3 Å². The summed E-state index contributed by atoms with van der Waals surface area (Å²) in [4.78, 5) is 23.9. The molecule has 0 aliphatic heterocycles. The average molecular weight is 247 g/mol. The van der Waals surface area contributed by atoms with Gasteiger partial charge in [-0.25, -0.2) is 4.98 Å². The standard InChI is InChI=1S/C11H9N3O4/c15-8-3-1-7(2-4-8)12-11(16)9-5-6-10(13-9)14(17)18/h1-6,13,15H,(H,12,16). The van der Waals surface area contributed by atoms with Crippen molar-refractivity contribution in [1.29, 1.82) is 0 Å². The highest BCUT2D eigenvalue weighted by molar-refractivity contribution is 6.03. The van der Waals surface area contributed by atoms with Gasteiger partial charge in [0.1, 0.15) is 5.75 Å². The number of anilines is 1. The Kier molecular flexibility index (Phi) is 2.96. The number of nitrogens with one attached hydrogen (secondary N) is 2. The predicted octanol–water partition coefficient (Wildman–Crippen LogP) is 1.88. The highest BCUT2D eigenvalue weighted by Crippen LogP contribution is 2.15. The zero-order valence-electron chi connectivity index (χ0n) is 9.08. The lowest BCUT2D eigenvalue weighted by Gasteiger charge is -2.01. The molecule has 0 fully saturated rings. The first kappa shape index (κ1) is 11.6. The van der Waals surface area contributed by atoms with Crippen LogP contribution in [0.3, 0.4) is 0 Å². The minimum Gasteiger partial charge on any atom is -0.508 e. The van der Waals surface area contributed by atoms with E-state index < -0.39 is 10.8 Å². The van der Waals surface area contributed by atoms with Crippen LogP contribution < -0.4 is 5.32 Å². The summed E-state index contributed by atoms with van der Waals surface area (Å²) in [7, 11) is 0. The Morgan fingerprint density at radius 2 is 1.89 bits per heavy atom. The first-order valence-corrected chi connectivity index (χ1v) is 5.00. The van der Waals surface area contributed by atoms with Crippen molar-refractivity contribution in [1.82, 2.24) is 4.98 Å². The van der Waals surface area contributed by atoms with Crippen LogP contribution in [0.25, 0.3) is 0 Å². The van der Waals surface area contributed by atoms with Gasteiger partial charge in [0.25, 0.3) is 5.91 Å². The maximum absolute atomic E-state index is 11.7. The third-order valence-corrected chi connectivity index (χ3v) is 2.24. The molecule has 0 aliphatic carbocycles. The van der Waals surface area contributed by atoms with Gasteiger partial charge >= 0.3 is 5.82 Å². The molecule has 0 spiro atoms. The Balaban J connectivity index is 2.11. The molecule has 1 aromatic heterocycles. The second-order valence-electron chi connectivity index (χ2n) is 3.52. The van der Waals surface area contributed by atoms with Crippen molar-refractivity contribution in [3.8, 4) is 5.75 Å². The molecule has 2 rings (SSSR count). The van der Waals surface area contributed by atoms with E-state index in [0.29, 0.717) is 5.69 Å². The number of aromatic amines is 1. The third kappa shape index (κ3) is 2.46. The maximum atomic E-state index is 11.7. The van der Waals surface area contributed by atoms with Crippen LogP contribution in [-0.4, -0.2) is 20.9 Å². The summed E-state index contributed by atoms with van der Waals surface area (Å²) in [5.74, 6) is -0.650. The number of amides is 1. The van der Waals surface area contributed by atoms with Gasteiger partial charge in [-0.05, 0) is 35.3 Å². The molecular formula is C11H9N3O4. The van der Waals surface area contributed by atoms with Crippen molar-refractivity contribution in [2.75, 3.05) is 5.32 Å². The number of carbonyl (C=O) groups excluding carboxylic acids is 1. The quantitative estimate of drug-likeness (QED) is 0.437. The predicted molar refractivity (Wildman–Crippen MR) is 63.5 cm³/mol. The van der Waals surface area contributed by atoms with Crippen molar-refractivity contribution in [2.45, 2.75) is 0 Å². The number of carbonyl (C=O) groups is 1. The van der Waals surface area contributed by atoms with Crippen LogP contribution in [0.1, 0.15) is 10.5 Å². The van der Waals surface area contributed by atoms with Crippen molar-refractivity contribution in [3.05, 3.63) is 52.2 Å². The Morgan fingerprint density at radius 1 is 1.22 bits per heavy atom. The van der Waals surface area contributed by atoms with Gasteiger partial charge in [0.2, 0.25) is 0 Å². The number of aromatic hydroxyl groups is 1. The van der Waals surface area contributed by atoms with E-state index in [1.807, 2.05) is 0 Å². The van der Waals surface area contributed by atoms with Crippen molar-refractivity contribution in [3.63, 3.8) is 0 Å². The zero-order valence-corrected chi connectivity index (χ0v) is 9.08. The summed E-state index contributed by atoms with van der Waals surface area (Å²) >= 11 is 0. The van der Waals surface area contributed by atoms with Crippen LogP contribution in [0.5, 0.6) is 5.75 Å². The molecule has 1 aromatic carbocycles. The summed E-state index contributed by atoms with van der Waals surface area (Å²) in [6, 6.07) is 8.42. The van der Waals surface area contributed by atoms with Gasteiger partial charge in [0.15, 0.2) is 5.69 Å². The van der Waals surface area contributed by atoms with Crippen LogP contribution >= 0.6 is 0 Å². The minimum atomic E-state index is -0.614. The maximum Gasteiger partial charge on any atom is 0.321 e. The molecule has 0 bridgehead atoms. The van der Waals surface area contributed by atoms with Crippen LogP contribution in [0.15, 0.2) is 36.4 Å². The molecule has 3 N–H and O–H groups in total. The molecule has 0 saturated heterocycles. The van der Waals surface area contributed by atoms with E-state index in [2.05, 4.69) is 10.3 Å². The van der Waals surface area contributed by atoms with E-state index in [9.17, 15) is 14.9 Å². The Hall–Kier alpha value is -2.83. The summed E-state index contributed by atoms with van der Waals surface area (Å²) in [6.45, 7) is 0. The highest BCUT2D eigenvalue weighted by atomic mass is 16.6. The molecule has 0 saturated carbocycles. The number of phenols is 1. The molecule has 0 radical (unpaired) electrons. The van der Waals surface area contributed by atoms with Gasteiger partial charge in [0.05, 0.1) is 0 Å². The second-order valence-corrected chi connectivity index (χ2v) is 3.52. The second kappa shape index (κ2) is 4.58. The first-order valence-electron chi connectivity index (χ1n) is 5.00. The lowest BCUT2D eigenvalue weighted by Crippen LogP contribution is -2.12. The smallest absolute Gasteiger partial charge is 0.321 e. The van der Waals surface area contributed by atoms with Crippen LogP contribution in [0, 0.1) is 10.1 Å². The lowest BCUT2D eigenvalue weighted by atomic mass is 10.3. The van der Waals surface area contributed by atoms with Gasteiger partial charge in [0, 0.05) is 11.8 Å². The Labute approximate surface area is 101 Å². The summed E-state index contributed by atoms with van der Waals surface area (Å²) in [6.07, 6.45) is 0. The number of rotatable bonds is 3. The number of benzene rings is 1. The number of nitrogens with zero attached hydrogens (tertiary/aromatic N) is 1. The molecule has 0 atom stereocenters. The van der Waals surface area contributed by atoms with E-state index in [1.165, 1.54) is 36.4 Å². The Morgan fingerprint density at radius 3 is 2.44 bits per heavy atom.